The predicted molar refractivity (Wildman–Crippen MR) is 144 cm³/mol. The maximum absolute atomic E-state index is 12.1. The molecule has 0 aliphatic heterocycles. The van der Waals surface area contributed by atoms with Crippen LogP contribution in [0.3, 0.4) is 0 Å². The van der Waals surface area contributed by atoms with Crippen molar-refractivity contribution in [3.05, 3.63) is 67.8 Å². The summed E-state index contributed by atoms with van der Waals surface area (Å²) in [4.78, 5) is 45.6. The van der Waals surface area contributed by atoms with Crippen LogP contribution in [0.1, 0.15) is 50.7 Å². The maximum atomic E-state index is 12.1. The van der Waals surface area contributed by atoms with Gasteiger partial charge in [-0.3, -0.25) is 20.2 Å². The summed E-state index contributed by atoms with van der Waals surface area (Å²) < 4.78 is 21.1. The lowest BCUT2D eigenvalue weighted by Gasteiger charge is -2.17. The predicted octanol–water partition coefficient (Wildman–Crippen LogP) is 4.40. The molecular weight excluding hydrogens is 528 g/mol. The summed E-state index contributed by atoms with van der Waals surface area (Å²) in [6.07, 6.45) is 2.38. The Hall–Kier alpha value is -4.88. The number of non-ortho nitro benzene ring substituents is 2. The number of esters is 2. The van der Waals surface area contributed by atoms with E-state index in [1.54, 1.807) is 0 Å². The van der Waals surface area contributed by atoms with Crippen molar-refractivity contribution in [2.24, 2.45) is 10.2 Å². The number of hydrogen-bond donors (Lipinski definition) is 0. The molecule has 2 rings (SSSR count). The minimum absolute atomic E-state index is 0.133. The fraction of sp³-hybridized carbons (Fsp3) is 0.385. The molecule has 0 saturated carbocycles. The smallest absolute Gasteiger partial charge is 0.347 e. The SMILES string of the molecule is CCCC(Oc1ccc([N+](=O)[O-])cc1/C=N/N=C/c1cc([N+](=O)[O-])ccc1OC(CCC)C(=O)OC)C(=O)OC. The van der Waals surface area contributed by atoms with Gasteiger partial charge in [0.2, 0.25) is 0 Å². The summed E-state index contributed by atoms with van der Waals surface area (Å²) in [7, 11) is 2.45. The van der Waals surface area contributed by atoms with Crippen molar-refractivity contribution in [1.82, 2.24) is 0 Å². The molecule has 40 heavy (non-hydrogen) atoms. The molecule has 14 heteroatoms. The molecule has 0 radical (unpaired) electrons. The Morgan fingerprint density at radius 1 is 0.775 bits per heavy atom. The summed E-state index contributed by atoms with van der Waals surface area (Å²) in [6.45, 7) is 3.71. The summed E-state index contributed by atoms with van der Waals surface area (Å²) >= 11 is 0. The van der Waals surface area contributed by atoms with Crippen LogP contribution < -0.4 is 9.47 Å². The van der Waals surface area contributed by atoms with Crippen LogP contribution in [0.2, 0.25) is 0 Å². The number of nitrogens with zero attached hydrogens (tertiary/aromatic N) is 4. The van der Waals surface area contributed by atoms with Gasteiger partial charge in [-0.25, -0.2) is 9.59 Å². The third-order valence-electron chi connectivity index (χ3n) is 5.44. The number of benzene rings is 2. The van der Waals surface area contributed by atoms with Gasteiger partial charge >= 0.3 is 11.9 Å². The highest BCUT2D eigenvalue weighted by Crippen LogP contribution is 2.27. The van der Waals surface area contributed by atoms with Gasteiger partial charge in [-0.15, -0.1) is 0 Å². The fourth-order valence-electron chi connectivity index (χ4n) is 3.45. The van der Waals surface area contributed by atoms with Gasteiger partial charge in [-0.1, -0.05) is 26.7 Å². The Morgan fingerprint density at radius 2 is 1.15 bits per heavy atom. The van der Waals surface area contributed by atoms with Crippen molar-refractivity contribution in [3.8, 4) is 11.5 Å². The second-order valence-electron chi connectivity index (χ2n) is 8.28. The zero-order chi connectivity index (χ0) is 29.7. The molecule has 0 aliphatic carbocycles. The number of ether oxygens (including phenoxy) is 4. The van der Waals surface area contributed by atoms with Crippen LogP contribution in [0.25, 0.3) is 0 Å². The monoisotopic (exact) mass is 558 g/mol. The van der Waals surface area contributed by atoms with Crippen LogP contribution in [-0.2, 0) is 19.1 Å². The molecule has 0 aromatic heterocycles. The van der Waals surface area contributed by atoms with Crippen molar-refractivity contribution in [3.63, 3.8) is 0 Å². The van der Waals surface area contributed by atoms with E-state index < -0.39 is 34.0 Å². The van der Waals surface area contributed by atoms with E-state index in [1.807, 2.05) is 13.8 Å². The minimum atomic E-state index is -0.942. The van der Waals surface area contributed by atoms with Gasteiger partial charge in [0.25, 0.3) is 11.4 Å². The van der Waals surface area contributed by atoms with Gasteiger partial charge in [-0.05, 0) is 25.0 Å². The van der Waals surface area contributed by atoms with Gasteiger partial charge in [0.15, 0.2) is 12.2 Å². The highest BCUT2D eigenvalue weighted by molar-refractivity contribution is 5.88. The largest absolute Gasteiger partial charge is 0.478 e. The average molecular weight is 559 g/mol. The lowest BCUT2D eigenvalue weighted by Crippen LogP contribution is -2.28. The van der Waals surface area contributed by atoms with Crippen molar-refractivity contribution < 1.29 is 38.4 Å². The molecule has 0 bridgehead atoms. The Bertz CT molecular complexity index is 1180. The van der Waals surface area contributed by atoms with Gasteiger partial charge < -0.3 is 18.9 Å². The lowest BCUT2D eigenvalue weighted by molar-refractivity contribution is -0.385. The summed E-state index contributed by atoms with van der Waals surface area (Å²) in [5.74, 6) is -0.943. The minimum Gasteiger partial charge on any atom is -0.478 e. The highest BCUT2D eigenvalue weighted by atomic mass is 16.6. The third-order valence-corrected chi connectivity index (χ3v) is 5.44. The second kappa shape index (κ2) is 15.5. The first kappa shape index (κ1) is 31.3. The zero-order valence-corrected chi connectivity index (χ0v) is 22.5. The van der Waals surface area contributed by atoms with Crippen LogP contribution in [-0.4, -0.2) is 60.6 Å². The van der Waals surface area contributed by atoms with Gasteiger partial charge in [0, 0.05) is 35.4 Å². The standard InChI is InChI=1S/C26H30N4O10/c1-5-7-23(25(31)37-3)39-21-11-9-19(29(33)34)13-17(21)15-27-28-16-18-14-20(30(35)36)10-12-22(18)40-24(8-6-2)26(32)38-4/h9-16,23-24H,5-8H2,1-4H3/b27-15+,28-16+. The van der Waals surface area contributed by atoms with Crippen LogP contribution in [0.4, 0.5) is 11.4 Å². The molecule has 0 heterocycles. The molecule has 0 aliphatic rings. The molecular formula is C26H30N4O10. The molecule has 0 fully saturated rings. The fourth-order valence-corrected chi connectivity index (χ4v) is 3.45. The number of nitro benzene ring substituents is 2. The number of carbonyl (C=O) groups excluding carboxylic acids is 2. The van der Waals surface area contributed by atoms with Gasteiger partial charge in [0.05, 0.1) is 36.5 Å². The van der Waals surface area contributed by atoms with Crippen LogP contribution in [0.5, 0.6) is 11.5 Å². The topological polar surface area (TPSA) is 182 Å². The van der Waals surface area contributed by atoms with Gasteiger partial charge in [0.1, 0.15) is 11.5 Å². The normalized spacial score (nSPS) is 12.6. The number of nitro groups is 2. The molecule has 0 amide bonds. The summed E-state index contributed by atoms with van der Waals surface area (Å²) in [5.41, 5.74) is -0.190. The first-order valence-electron chi connectivity index (χ1n) is 12.3. The molecule has 14 nitrogen and oxygen atoms in total. The number of rotatable bonds is 15. The molecule has 2 aromatic carbocycles. The Kier molecular flexibility index (Phi) is 12.2. The van der Waals surface area contributed by atoms with Gasteiger partial charge in [-0.2, -0.15) is 10.2 Å². The summed E-state index contributed by atoms with van der Waals surface area (Å²) in [6, 6.07) is 7.50. The maximum Gasteiger partial charge on any atom is 0.347 e. The second-order valence-corrected chi connectivity index (χ2v) is 8.28. The molecule has 214 valence electrons. The lowest BCUT2D eigenvalue weighted by atomic mass is 10.1. The molecule has 0 spiro atoms. The van der Waals surface area contributed by atoms with E-state index in [9.17, 15) is 29.8 Å². The number of carbonyl (C=O) groups is 2. The Labute approximate surface area is 229 Å². The number of methoxy groups -OCH3 is 2. The third kappa shape index (κ3) is 8.85. The molecule has 0 N–H and O–H groups in total. The molecule has 0 saturated heterocycles. The zero-order valence-electron chi connectivity index (χ0n) is 22.5. The van der Waals surface area contributed by atoms with Crippen LogP contribution in [0.15, 0.2) is 46.6 Å². The number of hydrogen-bond acceptors (Lipinski definition) is 12. The van der Waals surface area contributed by atoms with Crippen LogP contribution >= 0.6 is 0 Å². The Balaban J connectivity index is 2.43. The van der Waals surface area contributed by atoms with E-state index in [1.165, 1.54) is 63.0 Å². The quantitative estimate of drug-likeness (QED) is 0.131. The van der Waals surface area contributed by atoms with E-state index in [0.29, 0.717) is 25.7 Å². The van der Waals surface area contributed by atoms with Crippen molar-refractivity contribution in [1.29, 1.82) is 0 Å². The van der Waals surface area contributed by atoms with Crippen molar-refractivity contribution in [2.75, 3.05) is 14.2 Å². The highest BCUT2D eigenvalue weighted by Gasteiger charge is 2.23. The van der Waals surface area contributed by atoms with Crippen molar-refractivity contribution in [2.45, 2.75) is 51.7 Å². The average Bonchev–Trinajstić information content (AvgIpc) is 2.94. The van der Waals surface area contributed by atoms with E-state index in [4.69, 9.17) is 18.9 Å². The van der Waals surface area contributed by atoms with E-state index >= 15 is 0 Å². The first-order valence-corrected chi connectivity index (χ1v) is 12.3. The molecule has 2 aromatic rings. The summed E-state index contributed by atoms with van der Waals surface area (Å²) in [5, 5.41) is 30.4. The molecule has 2 unspecified atom stereocenters. The van der Waals surface area contributed by atoms with E-state index in [0.717, 1.165) is 0 Å². The van der Waals surface area contributed by atoms with Crippen molar-refractivity contribution >= 4 is 35.7 Å². The molecule has 2 atom stereocenters. The van der Waals surface area contributed by atoms with E-state index in [2.05, 4.69) is 10.2 Å². The first-order chi connectivity index (χ1) is 19.1. The van der Waals surface area contributed by atoms with E-state index in [-0.39, 0.29) is 34.0 Å². The van der Waals surface area contributed by atoms with Crippen LogP contribution in [0, 0.1) is 20.2 Å². The Morgan fingerprint density at radius 3 is 1.45 bits per heavy atom.